The lowest BCUT2D eigenvalue weighted by atomic mass is 10.2. The van der Waals surface area contributed by atoms with Crippen molar-refractivity contribution in [3.05, 3.63) is 12.7 Å². The van der Waals surface area contributed by atoms with Gasteiger partial charge in [0, 0.05) is 19.5 Å². The number of nitrogens with zero attached hydrogens (tertiary/aromatic N) is 1. The molecule has 0 heterocycles. The average Bonchev–Trinajstić information content (AvgIpc) is 2.14. The van der Waals surface area contributed by atoms with Crippen LogP contribution in [0.25, 0.3) is 0 Å². The van der Waals surface area contributed by atoms with Gasteiger partial charge in [0.25, 0.3) is 0 Å². The lowest BCUT2D eigenvalue weighted by Crippen LogP contribution is -2.30. The van der Waals surface area contributed by atoms with Gasteiger partial charge in [-0.05, 0) is 33.1 Å². The fraction of sp³-hybridized carbons (Fsp3) is 0.727. The van der Waals surface area contributed by atoms with Crippen molar-refractivity contribution in [2.45, 2.75) is 39.5 Å². The van der Waals surface area contributed by atoms with Crippen molar-refractivity contribution in [3.8, 4) is 0 Å². The summed E-state index contributed by atoms with van der Waals surface area (Å²) < 4.78 is 0. The van der Waals surface area contributed by atoms with Gasteiger partial charge in [-0.15, -0.1) is 6.58 Å². The van der Waals surface area contributed by atoms with Gasteiger partial charge in [-0.25, -0.2) is 0 Å². The number of rotatable bonds is 7. The average molecular weight is 183 g/mol. The van der Waals surface area contributed by atoms with Crippen molar-refractivity contribution < 1.29 is 4.79 Å². The van der Waals surface area contributed by atoms with Gasteiger partial charge < -0.3 is 4.90 Å². The SMILES string of the molecule is C=CCCCCC(=O)N(CC)CC. The van der Waals surface area contributed by atoms with E-state index in [0.717, 1.165) is 32.4 Å². The lowest BCUT2D eigenvalue weighted by molar-refractivity contribution is -0.130. The second-order valence-electron chi connectivity index (χ2n) is 3.10. The minimum atomic E-state index is 0.286. The molecule has 2 heteroatoms. The molecule has 1 amide bonds. The predicted octanol–water partition coefficient (Wildman–Crippen LogP) is 2.60. The molecule has 2 nitrogen and oxygen atoms in total. The van der Waals surface area contributed by atoms with Gasteiger partial charge in [-0.2, -0.15) is 0 Å². The standard InChI is InChI=1S/C11H21NO/c1-4-7-8-9-10-11(13)12(5-2)6-3/h4H,1,5-10H2,2-3H3. The van der Waals surface area contributed by atoms with Gasteiger partial charge in [0.15, 0.2) is 0 Å². The van der Waals surface area contributed by atoms with Crippen LogP contribution in [0.3, 0.4) is 0 Å². The first-order valence-electron chi connectivity index (χ1n) is 5.14. The molecule has 0 saturated heterocycles. The van der Waals surface area contributed by atoms with E-state index in [1.54, 1.807) is 0 Å². The smallest absolute Gasteiger partial charge is 0.222 e. The summed E-state index contributed by atoms with van der Waals surface area (Å²) in [6.45, 7) is 9.35. The third-order valence-electron chi connectivity index (χ3n) is 2.17. The van der Waals surface area contributed by atoms with Gasteiger partial charge >= 0.3 is 0 Å². The molecule has 0 aliphatic carbocycles. The van der Waals surface area contributed by atoms with Crippen molar-refractivity contribution in [1.29, 1.82) is 0 Å². The van der Waals surface area contributed by atoms with E-state index in [1.165, 1.54) is 0 Å². The van der Waals surface area contributed by atoms with Crippen molar-refractivity contribution in [2.75, 3.05) is 13.1 Å². The van der Waals surface area contributed by atoms with Crippen LogP contribution in [-0.2, 0) is 4.79 Å². The predicted molar refractivity (Wildman–Crippen MR) is 56.6 cm³/mol. The van der Waals surface area contributed by atoms with Crippen LogP contribution >= 0.6 is 0 Å². The van der Waals surface area contributed by atoms with E-state index in [-0.39, 0.29) is 5.91 Å². The second kappa shape index (κ2) is 7.84. The Hall–Kier alpha value is -0.790. The van der Waals surface area contributed by atoms with Crippen LogP contribution in [0.5, 0.6) is 0 Å². The summed E-state index contributed by atoms with van der Waals surface area (Å²) >= 11 is 0. The summed E-state index contributed by atoms with van der Waals surface area (Å²) in [6.07, 6.45) is 5.68. The Morgan fingerprint density at radius 2 is 1.92 bits per heavy atom. The molecule has 0 aromatic heterocycles. The number of carbonyl (C=O) groups is 1. The molecule has 0 aromatic rings. The summed E-state index contributed by atoms with van der Waals surface area (Å²) in [6, 6.07) is 0. The quantitative estimate of drug-likeness (QED) is 0.439. The van der Waals surface area contributed by atoms with Gasteiger partial charge in [0.2, 0.25) is 5.91 Å². The van der Waals surface area contributed by atoms with Crippen molar-refractivity contribution >= 4 is 5.91 Å². The van der Waals surface area contributed by atoms with E-state index in [2.05, 4.69) is 6.58 Å². The molecule has 0 unspecified atom stereocenters. The van der Waals surface area contributed by atoms with E-state index in [9.17, 15) is 4.79 Å². The Morgan fingerprint density at radius 1 is 1.31 bits per heavy atom. The molecule has 0 radical (unpaired) electrons. The minimum absolute atomic E-state index is 0.286. The first kappa shape index (κ1) is 12.2. The van der Waals surface area contributed by atoms with E-state index >= 15 is 0 Å². The van der Waals surface area contributed by atoms with Crippen LogP contribution in [0.1, 0.15) is 39.5 Å². The highest BCUT2D eigenvalue weighted by Crippen LogP contribution is 2.03. The summed E-state index contributed by atoms with van der Waals surface area (Å²) in [4.78, 5) is 13.4. The van der Waals surface area contributed by atoms with E-state index in [4.69, 9.17) is 0 Å². The highest BCUT2D eigenvalue weighted by Gasteiger charge is 2.07. The van der Waals surface area contributed by atoms with Crippen LogP contribution in [0.4, 0.5) is 0 Å². The van der Waals surface area contributed by atoms with Gasteiger partial charge in [0.05, 0.1) is 0 Å². The zero-order chi connectivity index (χ0) is 10.1. The zero-order valence-corrected chi connectivity index (χ0v) is 8.88. The number of hydrogen-bond donors (Lipinski definition) is 0. The Morgan fingerprint density at radius 3 is 2.38 bits per heavy atom. The normalized spacial score (nSPS) is 9.69. The molecule has 76 valence electrons. The number of carbonyl (C=O) groups excluding carboxylic acids is 1. The fourth-order valence-corrected chi connectivity index (χ4v) is 1.30. The lowest BCUT2D eigenvalue weighted by Gasteiger charge is -2.18. The molecule has 0 saturated carbocycles. The number of unbranched alkanes of at least 4 members (excludes halogenated alkanes) is 2. The Bertz CT molecular complexity index is 150. The maximum atomic E-state index is 11.5. The maximum Gasteiger partial charge on any atom is 0.222 e. The number of amides is 1. The molecule has 0 spiro atoms. The molecule has 0 fully saturated rings. The first-order valence-corrected chi connectivity index (χ1v) is 5.14. The number of allylic oxidation sites excluding steroid dienone is 1. The van der Waals surface area contributed by atoms with Crippen molar-refractivity contribution in [2.24, 2.45) is 0 Å². The molecule has 0 N–H and O–H groups in total. The first-order chi connectivity index (χ1) is 6.26. The third-order valence-corrected chi connectivity index (χ3v) is 2.17. The molecule has 0 bridgehead atoms. The molecule has 0 rings (SSSR count). The molecule has 0 aromatic carbocycles. The van der Waals surface area contributed by atoms with Crippen LogP contribution in [-0.4, -0.2) is 23.9 Å². The fourth-order valence-electron chi connectivity index (χ4n) is 1.30. The van der Waals surface area contributed by atoms with Crippen molar-refractivity contribution in [1.82, 2.24) is 4.90 Å². The highest BCUT2D eigenvalue weighted by molar-refractivity contribution is 5.75. The van der Waals surface area contributed by atoms with E-state index in [0.29, 0.717) is 6.42 Å². The molecule has 0 aliphatic rings. The van der Waals surface area contributed by atoms with Crippen LogP contribution in [0, 0.1) is 0 Å². The van der Waals surface area contributed by atoms with Crippen LogP contribution in [0.15, 0.2) is 12.7 Å². The topological polar surface area (TPSA) is 20.3 Å². The molecular formula is C11H21NO. The zero-order valence-electron chi connectivity index (χ0n) is 8.88. The maximum absolute atomic E-state index is 11.5. The molecular weight excluding hydrogens is 162 g/mol. The van der Waals surface area contributed by atoms with E-state index < -0.39 is 0 Å². The Balaban J connectivity index is 3.54. The van der Waals surface area contributed by atoms with Crippen LogP contribution < -0.4 is 0 Å². The number of hydrogen-bond acceptors (Lipinski definition) is 1. The van der Waals surface area contributed by atoms with Gasteiger partial charge in [-0.3, -0.25) is 4.79 Å². The third kappa shape index (κ3) is 5.45. The monoisotopic (exact) mass is 183 g/mol. The van der Waals surface area contributed by atoms with Gasteiger partial charge in [-0.1, -0.05) is 6.08 Å². The van der Waals surface area contributed by atoms with Gasteiger partial charge in [0.1, 0.15) is 0 Å². The van der Waals surface area contributed by atoms with Crippen molar-refractivity contribution in [3.63, 3.8) is 0 Å². The highest BCUT2D eigenvalue weighted by atomic mass is 16.2. The van der Waals surface area contributed by atoms with Crippen LogP contribution in [0.2, 0.25) is 0 Å². The molecule has 13 heavy (non-hydrogen) atoms. The van der Waals surface area contributed by atoms with E-state index in [1.807, 2.05) is 24.8 Å². The largest absolute Gasteiger partial charge is 0.343 e. The minimum Gasteiger partial charge on any atom is -0.343 e. The summed E-state index contributed by atoms with van der Waals surface area (Å²) in [5, 5.41) is 0. The second-order valence-corrected chi connectivity index (χ2v) is 3.10. The molecule has 0 atom stereocenters. The summed E-state index contributed by atoms with van der Waals surface area (Å²) in [5.74, 6) is 0.286. The Kier molecular flexibility index (Phi) is 7.36. The summed E-state index contributed by atoms with van der Waals surface area (Å²) in [7, 11) is 0. The summed E-state index contributed by atoms with van der Waals surface area (Å²) in [5.41, 5.74) is 0. The Labute approximate surface area is 81.6 Å². The molecule has 0 aliphatic heterocycles.